The third-order valence-electron chi connectivity index (χ3n) is 2.54. The van der Waals surface area contributed by atoms with Crippen molar-refractivity contribution < 1.29 is 24.5 Å². The maximum atomic E-state index is 11.0. The maximum Gasteiger partial charge on any atom is 0.344 e. The average Bonchev–Trinajstić information content (AvgIpc) is 2.37. The molecule has 1 atom stereocenters. The Morgan fingerprint density at radius 1 is 1.44 bits per heavy atom. The van der Waals surface area contributed by atoms with E-state index in [1.807, 2.05) is 6.92 Å². The zero-order chi connectivity index (χ0) is 13.5. The van der Waals surface area contributed by atoms with Crippen LogP contribution in [0.1, 0.15) is 25.3 Å². The molecule has 1 rings (SSSR count). The molecule has 5 heteroatoms. The highest BCUT2D eigenvalue weighted by Crippen LogP contribution is 2.26. The molecule has 0 bridgehead atoms. The van der Waals surface area contributed by atoms with Gasteiger partial charge in [-0.15, -0.1) is 0 Å². The zero-order valence-corrected chi connectivity index (χ0v) is 10.5. The molecule has 0 radical (unpaired) electrons. The minimum atomic E-state index is -1.01. The highest BCUT2D eigenvalue weighted by Gasteiger charge is 2.19. The summed E-state index contributed by atoms with van der Waals surface area (Å²) in [6, 6.07) is 4.92. The number of rotatable bonds is 7. The molecular formula is C13H18O5. The fourth-order valence-electron chi connectivity index (χ4n) is 1.55. The third kappa shape index (κ3) is 3.63. The molecule has 1 unspecified atom stereocenters. The Bertz CT molecular complexity index is 402. The molecule has 0 saturated heterocycles. The van der Waals surface area contributed by atoms with Crippen LogP contribution in [-0.2, 0) is 11.4 Å². The number of aliphatic hydroxyl groups excluding tert-OH is 1. The van der Waals surface area contributed by atoms with Gasteiger partial charge in [-0.2, -0.15) is 0 Å². The normalized spacial score (nSPS) is 11.9. The van der Waals surface area contributed by atoms with Gasteiger partial charge in [0, 0.05) is 11.6 Å². The predicted octanol–water partition coefficient (Wildman–Crippen LogP) is 1.82. The number of carboxylic acids is 1. The molecule has 0 aliphatic rings. The zero-order valence-electron chi connectivity index (χ0n) is 10.5. The minimum absolute atomic E-state index is 0.211. The van der Waals surface area contributed by atoms with Gasteiger partial charge in [-0.25, -0.2) is 4.79 Å². The molecule has 0 heterocycles. The maximum absolute atomic E-state index is 11.0. The van der Waals surface area contributed by atoms with Gasteiger partial charge in [0.25, 0.3) is 0 Å². The van der Waals surface area contributed by atoms with Crippen molar-refractivity contribution in [1.29, 1.82) is 0 Å². The van der Waals surface area contributed by atoms with Crippen LogP contribution in [0, 0.1) is 0 Å². The first kappa shape index (κ1) is 14.3. The summed E-state index contributed by atoms with van der Waals surface area (Å²) < 4.78 is 10.5. The Morgan fingerprint density at radius 2 is 2.17 bits per heavy atom. The summed E-state index contributed by atoms with van der Waals surface area (Å²) in [5, 5.41) is 18.2. The molecule has 1 aromatic rings. The number of aliphatic hydroxyl groups is 1. The predicted molar refractivity (Wildman–Crippen MR) is 65.9 cm³/mol. The summed E-state index contributed by atoms with van der Waals surface area (Å²) in [5.74, 6) is -0.107. The van der Waals surface area contributed by atoms with E-state index in [-0.39, 0.29) is 6.61 Å². The van der Waals surface area contributed by atoms with Gasteiger partial charge >= 0.3 is 5.97 Å². The number of methoxy groups -OCH3 is 1. The lowest BCUT2D eigenvalue weighted by molar-refractivity contribution is -0.145. The molecule has 0 aliphatic heterocycles. The summed E-state index contributed by atoms with van der Waals surface area (Å²) in [4.78, 5) is 11.0. The molecule has 1 aromatic carbocycles. The summed E-state index contributed by atoms with van der Waals surface area (Å²) >= 11 is 0. The van der Waals surface area contributed by atoms with Crippen molar-refractivity contribution in [3.05, 3.63) is 23.8 Å². The fraction of sp³-hybridized carbons (Fsp3) is 0.462. The van der Waals surface area contributed by atoms with Crippen molar-refractivity contribution >= 4 is 5.97 Å². The second-order valence-corrected chi connectivity index (χ2v) is 3.87. The van der Waals surface area contributed by atoms with E-state index in [4.69, 9.17) is 14.6 Å². The average molecular weight is 254 g/mol. The van der Waals surface area contributed by atoms with Crippen LogP contribution in [0.15, 0.2) is 18.2 Å². The number of ether oxygens (including phenoxy) is 2. The third-order valence-corrected chi connectivity index (χ3v) is 2.54. The molecule has 0 aromatic heterocycles. The van der Waals surface area contributed by atoms with E-state index in [2.05, 4.69) is 0 Å². The number of carboxylic acid groups (broad SMARTS) is 1. The Kier molecular flexibility index (Phi) is 5.45. The Morgan fingerprint density at radius 3 is 2.67 bits per heavy atom. The summed E-state index contributed by atoms with van der Waals surface area (Å²) in [7, 11) is 1.51. The molecule has 100 valence electrons. The van der Waals surface area contributed by atoms with Crippen molar-refractivity contribution in [2.45, 2.75) is 32.5 Å². The monoisotopic (exact) mass is 254 g/mol. The lowest BCUT2D eigenvalue weighted by Gasteiger charge is -2.17. The molecule has 18 heavy (non-hydrogen) atoms. The summed E-state index contributed by atoms with van der Waals surface area (Å²) in [6.07, 6.45) is 0.208. The molecule has 0 amide bonds. The number of hydrogen-bond donors (Lipinski definition) is 2. The molecule has 0 saturated carbocycles. The van der Waals surface area contributed by atoms with Crippen molar-refractivity contribution in [2.75, 3.05) is 7.11 Å². The number of aliphatic carboxylic acids is 1. The smallest absolute Gasteiger partial charge is 0.344 e. The fourth-order valence-corrected chi connectivity index (χ4v) is 1.55. The highest BCUT2D eigenvalue weighted by molar-refractivity contribution is 5.72. The Balaban J connectivity index is 2.95. The van der Waals surface area contributed by atoms with Crippen molar-refractivity contribution in [2.24, 2.45) is 0 Å². The van der Waals surface area contributed by atoms with Crippen LogP contribution in [0.25, 0.3) is 0 Å². The number of carbonyl (C=O) groups is 1. The molecule has 0 fully saturated rings. The summed E-state index contributed by atoms with van der Waals surface area (Å²) in [6.45, 7) is 1.68. The van der Waals surface area contributed by atoms with Gasteiger partial charge in [0.15, 0.2) is 6.10 Å². The van der Waals surface area contributed by atoms with Gasteiger partial charge in [-0.05, 0) is 18.6 Å². The molecule has 5 nitrogen and oxygen atoms in total. The van der Waals surface area contributed by atoms with Gasteiger partial charge < -0.3 is 19.7 Å². The lowest BCUT2D eigenvalue weighted by atomic mass is 10.1. The van der Waals surface area contributed by atoms with Crippen LogP contribution in [0.4, 0.5) is 0 Å². The lowest BCUT2D eigenvalue weighted by Crippen LogP contribution is -2.27. The van der Waals surface area contributed by atoms with Gasteiger partial charge in [0.1, 0.15) is 11.5 Å². The van der Waals surface area contributed by atoms with Gasteiger partial charge in [-0.3, -0.25) is 0 Å². The van der Waals surface area contributed by atoms with E-state index in [9.17, 15) is 9.90 Å². The molecule has 0 aliphatic carbocycles. The quantitative estimate of drug-likeness (QED) is 0.776. The summed E-state index contributed by atoms with van der Waals surface area (Å²) in [5.41, 5.74) is 0.540. The van der Waals surface area contributed by atoms with E-state index in [0.29, 0.717) is 29.9 Å². The van der Waals surface area contributed by atoms with Crippen LogP contribution >= 0.6 is 0 Å². The van der Waals surface area contributed by atoms with E-state index < -0.39 is 12.1 Å². The van der Waals surface area contributed by atoms with Crippen molar-refractivity contribution in [1.82, 2.24) is 0 Å². The van der Waals surface area contributed by atoms with Crippen molar-refractivity contribution in [3.63, 3.8) is 0 Å². The SMILES string of the molecule is CCCC(Oc1cc(OC)ccc1CO)C(=O)O. The van der Waals surface area contributed by atoms with Crippen molar-refractivity contribution in [3.8, 4) is 11.5 Å². The second-order valence-electron chi connectivity index (χ2n) is 3.87. The Labute approximate surface area is 106 Å². The van der Waals surface area contributed by atoms with Gasteiger partial charge in [-0.1, -0.05) is 13.3 Å². The van der Waals surface area contributed by atoms with Crippen LogP contribution in [0.5, 0.6) is 11.5 Å². The van der Waals surface area contributed by atoms with E-state index >= 15 is 0 Å². The number of benzene rings is 1. The van der Waals surface area contributed by atoms with Gasteiger partial charge in [0.05, 0.1) is 13.7 Å². The first-order valence-electron chi connectivity index (χ1n) is 5.79. The van der Waals surface area contributed by atoms with E-state index in [1.165, 1.54) is 7.11 Å². The van der Waals surface area contributed by atoms with Crippen LogP contribution in [-0.4, -0.2) is 29.4 Å². The Hall–Kier alpha value is -1.75. The largest absolute Gasteiger partial charge is 0.497 e. The first-order chi connectivity index (χ1) is 8.62. The highest BCUT2D eigenvalue weighted by atomic mass is 16.5. The second kappa shape index (κ2) is 6.86. The number of hydrogen-bond acceptors (Lipinski definition) is 4. The van der Waals surface area contributed by atoms with E-state index in [0.717, 1.165) is 0 Å². The standard InChI is InChI=1S/C13H18O5/c1-3-4-11(13(15)16)18-12-7-10(17-2)6-5-9(12)8-14/h5-7,11,14H,3-4,8H2,1-2H3,(H,15,16). The van der Waals surface area contributed by atoms with Crippen LogP contribution in [0.2, 0.25) is 0 Å². The van der Waals surface area contributed by atoms with E-state index in [1.54, 1.807) is 18.2 Å². The van der Waals surface area contributed by atoms with Crippen LogP contribution in [0.3, 0.4) is 0 Å². The van der Waals surface area contributed by atoms with Gasteiger partial charge in [0.2, 0.25) is 0 Å². The topological polar surface area (TPSA) is 76.0 Å². The first-order valence-corrected chi connectivity index (χ1v) is 5.79. The molecule has 2 N–H and O–H groups in total. The van der Waals surface area contributed by atoms with Crippen LogP contribution < -0.4 is 9.47 Å². The molecular weight excluding hydrogens is 236 g/mol. The minimum Gasteiger partial charge on any atom is -0.497 e. The molecule has 0 spiro atoms.